The number of amides is 1. The summed E-state index contributed by atoms with van der Waals surface area (Å²) >= 11 is 5.76. The summed E-state index contributed by atoms with van der Waals surface area (Å²) in [7, 11) is -2.22. The molecule has 0 saturated heterocycles. The predicted molar refractivity (Wildman–Crippen MR) is 86.8 cm³/mol. The highest BCUT2D eigenvalue weighted by molar-refractivity contribution is 7.92. The number of hydrogen-bond donors (Lipinski definition) is 2. The number of hydrogen-bond acceptors (Lipinski definition) is 3. The highest BCUT2D eigenvalue weighted by Crippen LogP contribution is 2.23. The van der Waals surface area contributed by atoms with Crippen LogP contribution in [0.5, 0.6) is 0 Å². The Morgan fingerprint density at radius 1 is 1.09 bits per heavy atom. The quantitative estimate of drug-likeness (QED) is 0.900. The van der Waals surface area contributed by atoms with Crippen LogP contribution >= 0.6 is 11.6 Å². The van der Waals surface area contributed by atoms with Crippen LogP contribution in [0, 0.1) is 6.92 Å². The molecular weight excluding hydrogens is 324 g/mol. The first-order chi connectivity index (χ1) is 10.3. The maximum absolute atomic E-state index is 12.4. The van der Waals surface area contributed by atoms with Gasteiger partial charge in [-0.2, -0.15) is 0 Å². The normalized spacial score (nSPS) is 11.0. The van der Waals surface area contributed by atoms with Crippen LogP contribution < -0.4 is 10.0 Å². The molecule has 116 valence electrons. The first-order valence-corrected chi connectivity index (χ1v) is 8.31. The molecule has 2 N–H and O–H groups in total. The summed E-state index contributed by atoms with van der Waals surface area (Å²) in [6, 6.07) is 10.7. The first kappa shape index (κ1) is 16.3. The summed E-state index contributed by atoms with van der Waals surface area (Å²) in [5.74, 6) is -0.273. The Labute approximate surface area is 134 Å². The molecule has 0 bridgehead atoms. The number of benzene rings is 2. The van der Waals surface area contributed by atoms with Crippen molar-refractivity contribution >= 4 is 33.2 Å². The van der Waals surface area contributed by atoms with Crippen LogP contribution in [0.4, 0.5) is 5.69 Å². The number of sulfonamides is 1. The van der Waals surface area contributed by atoms with Crippen LogP contribution in [0.3, 0.4) is 0 Å². The standard InChI is InChI=1S/C15H15ClN2O3S/c1-10-13(15(19)17-2)4-3-5-14(10)18-22(20,21)12-8-6-11(16)7-9-12/h3-9,18H,1-2H3,(H,17,19). The van der Waals surface area contributed by atoms with E-state index in [9.17, 15) is 13.2 Å². The average molecular weight is 339 g/mol. The molecule has 0 radical (unpaired) electrons. The lowest BCUT2D eigenvalue weighted by Gasteiger charge is -2.13. The van der Waals surface area contributed by atoms with Gasteiger partial charge in [0.2, 0.25) is 0 Å². The van der Waals surface area contributed by atoms with Crippen LogP contribution in [-0.2, 0) is 10.0 Å². The van der Waals surface area contributed by atoms with Crippen molar-refractivity contribution in [2.75, 3.05) is 11.8 Å². The van der Waals surface area contributed by atoms with Gasteiger partial charge in [0.1, 0.15) is 0 Å². The average Bonchev–Trinajstić information content (AvgIpc) is 2.49. The number of carbonyl (C=O) groups excluding carboxylic acids is 1. The van der Waals surface area contributed by atoms with E-state index in [1.807, 2.05) is 0 Å². The Hall–Kier alpha value is -2.05. The van der Waals surface area contributed by atoms with Crippen molar-refractivity contribution in [2.24, 2.45) is 0 Å². The molecule has 1 amide bonds. The zero-order valence-electron chi connectivity index (χ0n) is 12.1. The minimum absolute atomic E-state index is 0.0987. The molecule has 0 atom stereocenters. The highest BCUT2D eigenvalue weighted by Gasteiger charge is 2.17. The van der Waals surface area contributed by atoms with E-state index in [0.29, 0.717) is 21.8 Å². The van der Waals surface area contributed by atoms with E-state index in [1.54, 1.807) is 25.1 Å². The summed E-state index contributed by atoms with van der Waals surface area (Å²) in [5.41, 5.74) is 1.33. The first-order valence-electron chi connectivity index (χ1n) is 6.45. The van der Waals surface area contributed by atoms with Gasteiger partial charge >= 0.3 is 0 Å². The van der Waals surface area contributed by atoms with E-state index in [-0.39, 0.29) is 10.8 Å². The van der Waals surface area contributed by atoms with Crippen molar-refractivity contribution in [3.63, 3.8) is 0 Å². The SMILES string of the molecule is CNC(=O)c1cccc(NS(=O)(=O)c2ccc(Cl)cc2)c1C. The second kappa shape index (κ2) is 6.37. The van der Waals surface area contributed by atoms with E-state index >= 15 is 0 Å². The minimum Gasteiger partial charge on any atom is -0.355 e. The molecule has 0 unspecified atom stereocenters. The molecule has 0 aliphatic heterocycles. The zero-order chi connectivity index (χ0) is 16.3. The van der Waals surface area contributed by atoms with Crippen molar-refractivity contribution in [2.45, 2.75) is 11.8 Å². The van der Waals surface area contributed by atoms with Crippen LogP contribution in [0.1, 0.15) is 15.9 Å². The molecule has 0 saturated carbocycles. The largest absolute Gasteiger partial charge is 0.355 e. The topological polar surface area (TPSA) is 75.3 Å². The van der Waals surface area contributed by atoms with E-state index < -0.39 is 10.0 Å². The summed E-state index contributed by atoms with van der Waals surface area (Å²) < 4.78 is 27.2. The van der Waals surface area contributed by atoms with Crippen molar-refractivity contribution < 1.29 is 13.2 Å². The molecule has 0 aliphatic rings. The van der Waals surface area contributed by atoms with Gasteiger partial charge in [0, 0.05) is 17.6 Å². The van der Waals surface area contributed by atoms with Crippen LogP contribution in [0.15, 0.2) is 47.4 Å². The van der Waals surface area contributed by atoms with Crippen molar-refractivity contribution in [3.8, 4) is 0 Å². The van der Waals surface area contributed by atoms with Crippen molar-refractivity contribution in [1.29, 1.82) is 0 Å². The number of rotatable bonds is 4. The lowest BCUT2D eigenvalue weighted by molar-refractivity contribution is 0.0962. The lowest BCUT2D eigenvalue weighted by Crippen LogP contribution is -2.20. The minimum atomic E-state index is -3.74. The zero-order valence-corrected chi connectivity index (χ0v) is 13.6. The maximum atomic E-state index is 12.4. The van der Waals surface area contributed by atoms with E-state index in [0.717, 1.165) is 0 Å². The highest BCUT2D eigenvalue weighted by atomic mass is 35.5. The molecule has 0 heterocycles. The van der Waals surface area contributed by atoms with E-state index in [4.69, 9.17) is 11.6 Å². The molecule has 0 aliphatic carbocycles. The van der Waals surface area contributed by atoms with Gasteiger partial charge in [-0.05, 0) is 48.9 Å². The van der Waals surface area contributed by atoms with Gasteiger partial charge in [0.15, 0.2) is 0 Å². The molecule has 22 heavy (non-hydrogen) atoms. The third-order valence-electron chi connectivity index (χ3n) is 3.17. The molecule has 7 heteroatoms. The molecule has 0 fully saturated rings. The van der Waals surface area contributed by atoms with Gasteiger partial charge in [-0.1, -0.05) is 17.7 Å². The van der Waals surface area contributed by atoms with Crippen molar-refractivity contribution in [3.05, 3.63) is 58.6 Å². The predicted octanol–water partition coefficient (Wildman–Crippen LogP) is 2.81. The van der Waals surface area contributed by atoms with Gasteiger partial charge in [-0.25, -0.2) is 8.42 Å². The second-order valence-electron chi connectivity index (χ2n) is 4.62. The Morgan fingerprint density at radius 3 is 2.32 bits per heavy atom. The number of carbonyl (C=O) groups is 1. The van der Waals surface area contributed by atoms with Gasteiger partial charge in [-0.3, -0.25) is 9.52 Å². The number of anilines is 1. The molecule has 0 spiro atoms. The third-order valence-corrected chi connectivity index (χ3v) is 4.81. The molecular formula is C15H15ClN2O3S. The van der Waals surface area contributed by atoms with E-state index in [2.05, 4.69) is 10.0 Å². The Morgan fingerprint density at radius 2 is 1.73 bits per heavy atom. The van der Waals surface area contributed by atoms with Gasteiger partial charge < -0.3 is 5.32 Å². The molecule has 2 rings (SSSR count). The third kappa shape index (κ3) is 3.40. The second-order valence-corrected chi connectivity index (χ2v) is 6.74. The number of halogens is 1. The van der Waals surface area contributed by atoms with E-state index in [1.165, 1.54) is 31.3 Å². The van der Waals surface area contributed by atoms with Gasteiger partial charge in [-0.15, -0.1) is 0 Å². The summed E-state index contributed by atoms with van der Waals surface area (Å²) in [6.45, 7) is 1.68. The fourth-order valence-electron chi connectivity index (χ4n) is 1.94. The Kier molecular flexibility index (Phi) is 4.73. The fourth-order valence-corrected chi connectivity index (χ4v) is 3.19. The fraction of sp³-hybridized carbons (Fsp3) is 0.133. The molecule has 2 aromatic carbocycles. The van der Waals surface area contributed by atoms with Gasteiger partial charge in [0.05, 0.1) is 10.6 Å². The monoisotopic (exact) mass is 338 g/mol. The molecule has 2 aromatic rings. The van der Waals surface area contributed by atoms with Gasteiger partial charge in [0.25, 0.3) is 15.9 Å². The van der Waals surface area contributed by atoms with Crippen LogP contribution in [0.2, 0.25) is 5.02 Å². The smallest absolute Gasteiger partial charge is 0.261 e. The Bertz CT molecular complexity index is 802. The van der Waals surface area contributed by atoms with Crippen molar-refractivity contribution in [1.82, 2.24) is 5.32 Å². The Balaban J connectivity index is 2.38. The van der Waals surface area contributed by atoms with Crippen LogP contribution in [0.25, 0.3) is 0 Å². The lowest BCUT2D eigenvalue weighted by atomic mass is 10.1. The summed E-state index contributed by atoms with van der Waals surface area (Å²) in [6.07, 6.45) is 0. The van der Waals surface area contributed by atoms with Crippen LogP contribution in [-0.4, -0.2) is 21.4 Å². The summed E-state index contributed by atoms with van der Waals surface area (Å²) in [4.78, 5) is 11.9. The summed E-state index contributed by atoms with van der Waals surface area (Å²) in [5, 5.41) is 2.97. The molecule has 0 aromatic heterocycles. The number of nitrogens with one attached hydrogen (secondary N) is 2. The molecule has 5 nitrogen and oxygen atoms in total. The maximum Gasteiger partial charge on any atom is 0.261 e.